The van der Waals surface area contributed by atoms with E-state index in [9.17, 15) is 14.9 Å². The molecule has 0 saturated heterocycles. The first kappa shape index (κ1) is 25.1. The van der Waals surface area contributed by atoms with E-state index < -0.39 is 5.91 Å². The molecule has 7 heteroatoms. The molecule has 3 aromatic carbocycles. The minimum absolute atomic E-state index is 0.0586. The van der Waals surface area contributed by atoms with Crippen LogP contribution in [0.3, 0.4) is 0 Å². The molecule has 0 aliphatic carbocycles. The normalized spacial score (nSPS) is 10.8. The fourth-order valence-electron chi connectivity index (χ4n) is 3.27. The SMILES string of the molecule is COc1cc(/C=C(/C#N)C(=O)Nc2ccccc2C)ccc1OCC(=O)Nc1ccc(C)c(C)c1. The van der Waals surface area contributed by atoms with Gasteiger partial charge in [0.05, 0.1) is 7.11 Å². The van der Waals surface area contributed by atoms with E-state index in [0.717, 1.165) is 16.7 Å². The third kappa shape index (κ3) is 6.71. The molecule has 0 heterocycles. The van der Waals surface area contributed by atoms with Crippen molar-refractivity contribution < 1.29 is 19.1 Å². The van der Waals surface area contributed by atoms with E-state index in [1.807, 2.05) is 63.2 Å². The van der Waals surface area contributed by atoms with Gasteiger partial charge in [0.2, 0.25) is 0 Å². The van der Waals surface area contributed by atoms with E-state index in [1.54, 1.807) is 24.3 Å². The van der Waals surface area contributed by atoms with E-state index in [4.69, 9.17) is 9.47 Å². The average molecular weight is 470 g/mol. The molecular formula is C28H27N3O4. The van der Waals surface area contributed by atoms with Crippen LogP contribution < -0.4 is 20.1 Å². The fraction of sp³-hybridized carbons (Fsp3) is 0.179. The molecule has 0 radical (unpaired) electrons. The molecule has 0 aromatic heterocycles. The van der Waals surface area contributed by atoms with Gasteiger partial charge in [0.25, 0.3) is 11.8 Å². The number of aryl methyl sites for hydroxylation is 3. The van der Waals surface area contributed by atoms with Crippen molar-refractivity contribution in [3.8, 4) is 17.6 Å². The topological polar surface area (TPSA) is 100 Å². The molecule has 0 atom stereocenters. The molecule has 0 spiro atoms. The first-order chi connectivity index (χ1) is 16.8. The van der Waals surface area contributed by atoms with E-state index in [0.29, 0.717) is 28.4 Å². The average Bonchev–Trinajstić information content (AvgIpc) is 2.85. The summed E-state index contributed by atoms with van der Waals surface area (Å²) in [6, 6.07) is 19.9. The van der Waals surface area contributed by atoms with Crippen molar-refractivity contribution in [2.24, 2.45) is 0 Å². The molecule has 3 aromatic rings. The molecule has 0 bridgehead atoms. The Kier molecular flexibility index (Phi) is 8.25. The molecule has 0 unspecified atom stereocenters. The number of hydrogen-bond acceptors (Lipinski definition) is 5. The number of carbonyl (C=O) groups excluding carboxylic acids is 2. The van der Waals surface area contributed by atoms with Crippen molar-refractivity contribution in [3.05, 3.63) is 88.5 Å². The molecule has 7 nitrogen and oxygen atoms in total. The summed E-state index contributed by atoms with van der Waals surface area (Å²) in [5, 5.41) is 15.1. The minimum Gasteiger partial charge on any atom is -0.493 e. The number of carbonyl (C=O) groups is 2. The lowest BCUT2D eigenvalue weighted by Crippen LogP contribution is -2.20. The van der Waals surface area contributed by atoms with Gasteiger partial charge in [-0.1, -0.05) is 30.3 Å². The third-order valence-electron chi connectivity index (χ3n) is 5.41. The molecule has 0 aliphatic rings. The summed E-state index contributed by atoms with van der Waals surface area (Å²) in [4.78, 5) is 24.9. The zero-order valence-corrected chi connectivity index (χ0v) is 20.1. The number of para-hydroxylation sites is 1. The maximum Gasteiger partial charge on any atom is 0.266 e. The Hall–Kier alpha value is -4.57. The highest BCUT2D eigenvalue weighted by molar-refractivity contribution is 6.10. The summed E-state index contributed by atoms with van der Waals surface area (Å²) in [7, 11) is 1.47. The van der Waals surface area contributed by atoms with Gasteiger partial charge in [-0.15, -0.1) is 0 Å². The van der Waals surface area contributed by atoms with Crippen LogP contribution >= 0.6 is 0 Å². The summed E-state index contributed by atoms with van der Waals surface area (Å²) < 4.78 is 11.0. The van der Waals surface area contributed by atoms with Crippen LogP contribution in [0.15, 0.2) is 66.2 Å². The molecule has 178 valence electrons. The van der Waals surface area contributed by atoms with Gasteiger partial charge in [-0.05, 0) is 79.4 Å². The summed E-state index contributed by atoms with van der Waals surface area (Å²) >= 11 is 0. The molecule has 3 rings (SSSR count). The largest absolute Gasteiger partial charge is 0.493 e. The molecule has 35 heavy (non-hydrogen) atoms. The van der Waals surface area contributed by atoms with Crippen LogP contribution in [0.5, 0.6) is 11.5 Å². The summed E-state index contributed by atoms with van der Waals surface area (Å²) in [5.41, 5.74) is 4.97. The number of nitrogens with zero attached hydrogens (tertiary/aromatic N) is 1. The fourth-order valence-corrected chi connectivity index (χ4v) is 3.27. The van der Waals surface area contributed by atoms with Crippen LogP contribution in [-0.4, -0.2) is 25.5 Å². The van der Waals surface area contributed by atoms with Crippen LogP contribution in [0.25, 0.3) is 6.08 Å². The Morgan fingerprint density at radius 3 is 2.37 bits per heavy atom. The Labute approximate surface area is 205 Å². The molecule has 0 saturated carbocycles. The van der Waals surface area contributed by atoms with Crippen molar-refractivity contribution in [2.75, 3.05) is 24.4 Å². The van der Waals surface area contributed by atoms with Gasteiger partial charge in [-0.3, -0.25) is 9.59 Å². The second kappa shape index (κ2) is 11.5. The Morgan fingerprint density at radius 2 is 1.69 bits per heavy atom. The zero-order valence-electron chi connectivity index (χ0n) is 20.1. The predicted octanol–water partition coefficient (Wildman–Crippen LogP) is 5.18. The summed E-state index contributed by atoms with van der Waals surface area (Å²) in [5.74, 6) is -0.0832. The second-order valence-electron chi connectivity index (χ2n) is 7.99. The third-order valence-corrected chi connectivity index (χ3v) is 5.41. The number of rotatable bonds is 8. The van der Waals surface area contributed by atoms with Crippen LogP contribution in [-0.2, 0) is 9.59 Å². The standard InChI is InChI=1S/C28H27N3O4/c1-18-9-11-23(13-20(18)3)30-27(32)17-35-25-12-10-21(15-26(25)34-4)14-22(16-29)28(33)31-24-8-6-5-7-19(24)2/h5-15H,17H2,1-4H3,(H,30,32)(H,31,33)/b22-14-. The van der Waals surface area contributed by atoms with Crippen LogP contribution in [0.2, 0.25) is 0 Å². The van der Waals surface area contributed by atoms with Gasteiger partial charge >= 0.3 is 0 Å². The van der Waals surface area contributed by atoms with Crippen LogP contribution in [0, 0.1) is 32.1 Å². The Bertz CT molecular complexity index is 1320. The minimum atomic E-state index is -0.510. The number of benzene rings is 3. The van der Waals surface area contributed by atoms with Gasteiger partial charge in [-0.2, -0.15) is 5.26 Å². The lowest BCUT2D eigenvalue weighted by molar-refractivity contribution is -0.118. The summed E-state index contributed by atoms with van der Waals surface area (Å²) in [6.45, 7) is 5.65. The number of nitriles is 1. The molecule has 2 N–H and O–H groups in total. The van der Waals surface area contributed by atoms with E-state index >= 15 is 0 Å². The van der Waals surface area contributed by atoms with Crippen LogP contribution in [0.1, 0.15) is 22.3 Å². The predicted molar refractivity (Wildman–Crippen MR) is 136 cm³/mol. The first-order valence-electron chi connectivity index (χ1n) is 11.0. The monoisotopic (exact) mass is 469 g/mol. The number of methoxy groups -OCH3 is 1. The summed E-state index contributed by atoms with van der Waals surface area (Å²) in [6.07, 6.45) is 1.46. The highest BCUT2D eigenvalue weighted by Crippen LogP contribution is 2.29. The Morgan fingerprint density at radius 1 is 0.914 bits per heavy atom. The van der Waals surface area contributed by atoms with Crippen molar-refractivity contribution in [1.82, 2.24) is 0 Å². The van der Waals surface area contributed by atoms with E-state index in [1.165, 1.54) is 13.2 Å². The number of anilines is 2. The van der Waals surface area contributed by atoms with Gasteiger partial charge in [0.1, 0.15) is 11.6 Å². The van der Waals surface area contributed by atoms with E-state index in [2.05, 4.69) is 10.6 Å². The molecule has 0 fully saturated rings. The number of ether oxygens (including phenoxy) is 2. The maximum absolute atomic E-state index is 12.6. The number of hydrogen-bond donors (Lipinski definition) is 2. The van der Waals surface area contributed by atoms with Gasteiger partial charge in [-0.25, -0.2) is 0 Å². The highest BCUT2D eigenvalue weighted by atomic mass is 16.5. The number of amides is 2. The van der Waals surface area contributed by atoms with Crippen molar-refractivity contribution >= 4 is 29.3 Å². The zero-order chi connectivity index (χ0) is 25.4. The van der Waals surface area contributed by atoms with Crippen molar-refractivity contribution in [1.29, 1.82) is 5.26 Å². The van der Waals surface area contributed by atoms with Crippen molar-refractivity contribution in [2.45, 2.75) is 20.8 Å². The van der Waals surface area contributed by atoms with Crippen LogP contribution in [0.4, 0.5) is 11.4 Å². The molecule has 0 aliphatic heterocycles. The maximum atomic E-state index is 12.6. The van der Waals surface area contributed by atoms with Gasteiger partial charge < -0.3 is 20.1 Å². The quantitative estimate of drug-likeness (QED) is 0.350. The molecular weight excluding hydrogens is 442 g/mol. The van der Waals surface area contributed by atoms with Gasteiger partial charge in [0.15, 0.2) is 18.1 Å². The van der Waals surface area contributed by atoms with Crippen molar-refractivity contribution in [3.63, 3.8) is 0 Å². The Balaban J connectivity index is 1.68. The smallest absolute Gasteiger partial charge is 0.266 e. The molecule has 2 amide bonds. The first-order valence-corrected chi connectivity index (χ1v) is 11.0. The lowest BCUT2D eigenvalue weighted by atomic mass is 10.1. The second-order valence-corrected chi connectivity index (χ2v) is 7.99. The lowest BCUT2D eigenvalue weighted by Gasteiger charge is -2.12. The number of nitrogens with one attached hydrogen (secondary N) is 2. The van der Waals surface area contributed by atoms with E-state index in [-0.39, 0.29) is 18.1 Å². The van der Waals surface area contributed by atoms with Gasteiger partial charge in [0, 0.05) is 11.4 Å². The highest BCUT2D eigenvalue weighted by Gasteiger charge is 2.13.